The molecular weight excluding hydrogens is 1110 g/mol. The number of hydrogen-bond donors (Lipinski definition) is 11. The number of nitrogens with two attached hydrogens (primary N) is 3. The van der Waals surface area contributed by atoms with Gasteiger partial charge in [0.15, 0.2) is 18.5 Å². The van der Waals surface area contributed by atoms with Crippen molar-refractivity contribution in [3.8, 4) is 0 Å². The van der Waals surface area contributed by atoms with Gasteiger partial charge in [0.25, 0.3) is 0 Å². The minimum atomic E-state index is -2.27. The molecule has 0 aromatic rings. The van der Waals surface area contributed by atoms with Crippen molar-refractivity contribution in [1.29, 1.82) is 0 Å². The van der Waals surface area contributed by atoms with Gasteiger partial charge in [0.2, 0.25) is 23.6 Å². The van der Waals surface area contributed by atoms with E-state index in [1.165, 1.54) is 117 Å². The monoisotopic (exact) mass is 1230 g/mol. The Bertz CT molecular complexity index is 1790. The number of carboxylic acids is 1. The number of aliphatic hydroxyl groups is 4. The van der Waals surface area contributed by atoms with E-state index >= 15 is 0 Å². The van der Waals surface area contributed by atoms with E-state index in [4.69, 9.17) is 41.0 Å². The number of amides is 4. The number of nitrogens with zero attached hydrogens (tertiary/aromatic N) is 1. The normalized spacial score (nSPS) is 19.3. The van der Waals surface area contributed by atoms with Crippen molar-refractivity contribution in [3.05, 3.63) is 0 Å². The van der Waals surface area contributed by atoms with Crippen LogP contribution >= 0.6 is 9.03 Å². The van der Waals surface area contributed by atoms with E-state index in [0.29, 0.717) is 26.0 Å². The maximum atomic E-state index is 14.2. The van der Waals surface area contributed by atoms with Crippen molar-refractivity contribution in [2.75, 3.05) is 32.9 Å². The van der Waals surface area contributed by atoms with E-state index in [-0.39, 0.29) is 12.8 Å². The van der Waals surface area contributed by atoms with Gasteiger partial charge in [-0.3, -0.25) is 28.8 Å². The third-order valence-electron chi connectivity index (χ3n) is 15.0. The molecule has 2 unspecified atom stereocenters. The van der Waals surface area contributed by atoms with Gasteiger partial charge >= 0.3 is 55.2 Å². The predicted molar refractivity (Wildman–Crippen MR) is 323 cm³/mol. The Morgan fingerprint density at radius 2 is 1.17 bits per heavy atom. The van der Waals surface area contributed by atoms with Crippen LogP contribution in [0.1, 0.15) is 234 Å². The molecule has 0 radical (unpaired) electrons. The number of ether oxygens (including phenoxy) is 4. The molecule has 1 heterocycles. The van der Waals surface area contributed by atoms with Gasteiger partial charge in [-0.2, -0.15) is 0 Å². The minimum absolute atomic E-state index is 0.00392. The van der Waals surface area contributed by atoms with Gasteiger partial charge in [-0.1, -0.05) is 168 Å². The Balaban J connectivity index is 0.0000108. The molecule has 1 saturated heterocycles. The molecule has 0 aliphatic carbocycles. The summed E-state index contributed by atoms with van der Waals surface area (Å²) in [6, 6.07) is -4.39. The van der Waals surface area contributed by atoms with Crippen LogP contribution in [0.2, 0.25) is 0 Å². The fourth-order valence-corrected chi connectivity index (χ4v) is 10.2. The molecule has 0 aromatic carbocycles. The Kier molecular flexibility index (Phi) is 47.2. The number of rotatable bonds is 50. The molecule has 0 saturated carbocycles. The molecule has 0 bridgehead atoms. The van der Waals surface area contributed by atoms with E-state index < -0.39 is 150 Å². The van der Waals surface area contributed by atoms with E-state index in [0.717, 1.165) is 69.6 Å². The van der Waals surface area contributed by atoms with Gasteiger partial charge in [-0.25, -0.2) is 4.79 Å². The average molecular weight is 1230 g/mol. The quantitative estimate of drug-likeness (QED) is 0.0221. The molecule has 4 amide bonds. The average Bonchev–Trinajstić information content (AvgIpc) is 3.00. The van der Waals surface area contributed by atoms with E-state index in [9.17, 15) is 59.1 Å². The van der Waals surface area contributed by atoms with Crippen LogP contribution in [-0.4, -0.2) is 176 Å². The summed E-state index contributed by atoms with van der Waals surface area (Å²) >= 11 is 0. The molecule has 1 fully saturated rings. The SMILES string of the molecule is CCCCCCCCCCCCCCCC(=O)OC([C@H](CO)OC(=O)CCCCCCCCCCCCCCC)[C@@](C)(N)C(=O)N[C@H](CCC(=O)N(CC(C)O[C@H]1[C@H](O)[C@@H](CO)O[C@H](O)[C@@H]1NC(C)=O)[C@@H](C)C(=O)O)C(N)=O.NCCO[PH3]O. The first-order valence-electron chi connectivity index (χ1n) is 31.4. The van der Waals surface area contributed by atoms with Crippen molar-refractivity contribution < 1.29 is 87.5 Å². The molecule has 11 atom stereocenters. The molecule has 25 heteroatoms. The molecule has 494 valence electrons. The predicted octanol–water partition coefficient (Wildman–Crippen LogP) is 4.81. The summed E-state index contributed by atoms with van der Waals surface area (Å²) in [4.78, 5) is 101. The maximum absolute atomic E-state index is 14.2. The van der Waals surface area contributed by atoms with Crippen LogP contribution in [0.25, 0.3) is 0 Å². The zero-order valence-electron chi connectivity index (χ0n) is 52.0. The van der Waals surface area contributed by atoms with Crippen molar-refractivity contribution in [1.82, 2.24) is 15.5 Å². The number of aliphatic hydroxyl groups excluding tert-OH is 4. The zero-order chi connectivity index (χ0) is 63.3. The topological polar surface area (TPSA) is 392 Å². The second-order valence-corrected chi connectivity index (χ2v) is 23.3. The van der Waals surface area contributed by atoms with Gasteiger partial charge in [0.05, 0.1) is 19.3 Å². The number of aliphatic carboxylic acids is 1. The number of carbonyl (C=O) groups excluding carboxylic acids is 6. The van der Waals surface area contributed by atoms with Crippen molar-refractivity contribution >= 4 is 50.6 Å². The van der Waals surface area contributed by atoms with E-state index in [1.54, 1.807) is 0 Å². The van der Waals surface area contributed by atoms with Crippen molar-refractivity contribution in [2.45, 2.75) is 301 Å². The molecule has 14 N–H and O–H groups in total. The fourth-order valence-electron chi connectivity index (χ4n) is 9.90. The first kappa shape index (κ1) is 80.3. The number of carboxylic acid groups (broad SMARTS) is 1. The Labute approximate surface area is 502 Å². The van der Waals surface area contributed by atoms with Gasteiger partial charge < -0.3 is 71.5 Å². The van der Waals surface area contributed by atoms with Crippen LogP contribution in [0.3, 0.4) is 0 Å². The van der Waals surface area contributed by atoms with Crippen LogP contribution in [-0.2, 0) is 57.0 Å². The Morgan fingerprint density at radius 3 is 1.55 bits per heavy atom. The summed E-state index contributed by atoms with van der Waals surface area (Å²) < 4.78 is 27.2. The second-order valence-electron chi connectivity index (χ2n) is 22.6. The van der Waals surface area contributed by atoms with Gasteiger partial charge in [-0.15, -0.1) is 0 Å². The molecule has 1 aliphatic heterocycles. The number of carbonyl (C=O) groups is 7. The van der Waals surface area contributed by atoms with Crippen LogP contribution in [0.4, 0.5) is 0 Å². The fraction of sp³-hybridized carbons (Fsp3) is 0.881. The Hall–Kier alpha value is -3.68. The number of hydrogen-bond acceptors (Lipinski definition) is 19. The molecule has 84 heavy (non-hydrogen) atoms. The third-order valence-corrected chi connectivity index (χ3v) is 15.5. The molecule has 1 rings (SSSR count). The first-order valence-corrected chi connectivity index (χ1v) is 32.6. The standard InChI is InChI=1S/C57H105N5O16.C2H10NO2P/c1-7-9-11-13-15-17-19-21-23-25-27-29-31-33-47(67)76-45(39-64)52(78-48(68)34-32-30-28-26-24-22-20-18-16-14-12-10-8-2)57(6,59)56(74)61-43(53(58)70)35-36-46(66)62(41(4)54(71)72)37-40(3)75-51-49(60-42(5)65)55(73)77-44(38-63)50(51)69;3-1-2-5-6-4/h40-41,43-45,49-52,55,63-64,69,73H,7-39,59H2,1-6H3,(H2,58,70)(H,60,65)(H,61,74)(H,71,72);4H,1-3H2,6H3/t40?,41-,43+,44+,45-,49+,50+,51+,52?,55-,57+;/m0./s1. The third kappa shape index (κ3) is 35.8. The van der Waals surface area contributed by atoms with Gasteiger partial charge in [0, 0.05) is 32.7 Å². The number of esters is 2. The second kappa shape index (κ2) is 49.3. The number of nitrogens with one attached hydrogen (secondary N) is 2. The summed E-state index contributed by atoms with van der Waals surface area (Å²) in [5.74, 6) is -6.49. The number of primary amides is 1. The molecule has 0 aromatic heterocycles. The molecule has 1 aliphatic rings. The summed E-state index contributed by atoms with van der Waals surface area (Å²) in [7, 11) is -1.18. The Morgan fingerprint density at radius 1 is 0.714 bits per heavy atom. The summed E-state index contributed by atoms with van der Waals surface area (Å²) in [6.45, 7) is 8.41. The van der Waals surface area contributed by atoms with Crippen LogP contribution in [0.15, 0.2) is 0 Å². The van der Waals surface area contributed by atoms with E-state index in [2.05, 4.69) is 29.0 Å². The van der Waals surface area contributed by atoms with E-state index in [1.807, 2.05) is 0 Å². The first-order chi connectivity index (χ1) is 40.1. The van der Waals surface area contributed by atoms with Crippen LogP contribution in [0.5, 0.6) is 0 Å². The van der Waals surface area contributed by atoms with Crippen LogP contribution in [0, 0.1) is 0 Å². The zero-order valence-corrected chi connectivity index (χ0v) is 53.4. The van der Waals surface area contributed by atoms with Gasteiger partial charge in [-0.05, 0) is 40.0 Å². The molecule has 24 nitrogen and oxygen atoms in total. The van der Waals surface area contributed by atoms with Gasteiger partial charge in [0.1, 0.15) is 42.0 Å². The van der Waals surface area contributed by atoms with Crippen molar-refractivity contribution in [2.24, 2.45) is 17.2 Å². The molecule has 0 spiro atoms. The summed E-state index contributed by atoms with van der Waals surface area (Å²) in [5.41, 5.74) is 15.1. The summed E-state index contributed by atoms with van der Waals surface area (Å²) in [6.07, 6.45) is 17.1. The summed E-state index contributed by atoms with van der Waals surface area (Å²) in [5, 5.41) is 56.6. The molecular formula is C59H115N6O18P. The van der Waals surface area contributed by atoms with Crippen LogP contribution < -0.4 is 27.8 Å². The number of unbranched alkanes of at least 4 members (excludes halogenated alkanes) is 24. The van der Waals surface area contributed by atoms with Crippen molar-refractivity contribution in [3.63, 3.8) is 0 Å².